The molecule has 0 saturated carbocycles. The number of hydrogen-bond acceptors (Lipinski definition) is 3. The van der Waals surface area contributed by atoms with Crippen molar-refractivity contribution in [1.82, 2.24) is 9.88 Å². The smallest absolute Gasteiger partial charge is 0.368 e. The Morgan fingerprint density at radius 2 is 1.85 bits per heavy atom. The number of carbonyl (C=O) groups is 1. The quantitative estimate of drug-likeness (QED) is 0.842. The first-order valence-corrected chi connectivity index (χ1v) is 8.74. The molecule has 3 rings (SSSR count). The number of amides is 1. The zero-order valence-electron chi connectivity index (χ0n) is 14.2. The fraction of sp³-hybridized carbons (Fsp3) is 0.333. The molecule has 144 valence electrons. The number of nitrogens with zero attached hydrogens (tertiary/aromatic N) is 2. The Kier molecular flexibility index (Phi) is 5.46. The summed E-state index contributed by atoms with van der Waals surface area (Å²) in [5, 5.41) is 0.589. The molecule has 27 heavy (non-hydrogen) atoms. The summed E-state index contributed by atoms with van der Waals surface area (Å²) in [6.45, 7) is 1.73. The number of benzene rings is 1. The number of aromatic nitrogens is 1. The van der Waals surface area contributed by atoms with Crippen molar-refractivity contribution in [2.24, 2.45) is 0 Å². The summed E-state index contributed by atoms with van der Waals surface area (Å²) in [6, 6.07) is 7.93. The highest BCUT2D eigenvalue weighted by Crippen LogP contribution is 2.29. The first-order valence-electron chi connectivity index (χ1n) is 8.36. The fourth-order valence-electron chi connectivity index (χ4n) is 3.05. The number of nitrogens with one attached hydrogen (secondary N) is 1. The average molecular weight is 400 g/mol. The van der Waals surface area contributed by atoms with Crippen molar-refractivity contribution in [3.63, 3.8) is 0 Å². The van der Waals surface area contributed by atoms with Gasteiger partial charge in [0, 0.05) is 32.4 Å². The molecular weight excluding hydrogens is 383 g/mol. The maximum absolute atomic E-state index is 12.9. The predicted octanol–water partition coefficient (Wildman–Crippen LogP) is 3.40. The summed E-state index contributed by atoms with van der Waals surface area (Å²) in [4.78, 5) is 30.0. The topological polar surface area (TPSA) is 56.4 Å². The number of aromatic amines is 1. The van der Waals surface area contributed by atoms with Crippen molar-refractivity contribution >= 4 is 23.2 Å². The van der Waals surface area contributed by atoms with Crippen molar-refractivity contribution in [1.29, 1.82) is 0 Å². The van der Waals surface area contributed by atoms with E-state index in [0.29, 0.717) is 43.3 Å². The Balaban J connectivity index is 1.79. The Hall–Kier alpha value is -2.48. The Morgan fingerprint density at radius 3 is 2.56 bits per heavy atom. The van der Waals surface area contributed by atoms with Crippen molar-refractivity contribution < 1.29 is 18.0 Å². The van der Waals surface area contributed by atoms with Crippen molar-refractivity contribution in [3.8, 4) is 0 Å². The van der Waals surface area contributed by atoms with Crippen LogP contribution in [0.3, 0.4) is 0 Å². The van der Waals surface area contributed by atoms with Crippen LogP contribution in [-0.2, 0) is 6.18 Å². The maximum atomic E-state index is 12.9. The van der Waals surface area contributed by atoms with Crippen LogP contribution >= 0.6 is 11.6 Å². The van der Waals surface area contributed by atoms with Gasteiger partial charge in [0.1, 0.15) is 5.56 Å². The molecule has 0 atom stereocenters. The molecule has 0 bridgehead atoms. The van der Waals surface area contributed by atoms with Crippen LogP contribution in [0.1, 0.15) is 22.3 Å². The second-order valence-electron chi connectivity index (χ2n) is 6.21. The van der Waals surface area contributed by atoms with E-state index in [9.17, 15) is 22.8 Å². The highest BCUT2D eigenvalue weighted by atomic mass is 35.5. The molecule has 2 aromatic rings. The predicted molar refractivity (Wildman–Crippen MR) is 96.3 cm³/mol. The van der Waals surface area contributed by atoms with Crippen LogP contribution in [-0.4, -0.2) is 42.0 Å². The first-order chi connectivity index (χ1) is 12.8. The molecule has 1 fully saturated rings. The maximum Gasteiger partial charge on any atom is 0.417 e. The van der Waals surface area contributed by atoms with Crippen LogP contribution in [0.4, 0.5) is 18.9 Å². The second kappa shape index (κ2) is 7.64. The number of rotatable bonds is 2. The first kappa shape index (κ1) is 19.3. The molecular formula is C18H17ClF3N3O2. The van der Waals surface area contributed by atoms with Crippen molar-refractivity contribution in [3.05, 3.63) is 63.0 Å². The van der Waals surface area contributed by atoms with E-state index in [1.165, 1.54) is 4.90 Å². The van der Waals surface area contributed by atoms with Gasteiger partial charge in [0.05, 0.1) is 16.3 Å². The lowest BCUT2D eigenvalue weighted by molar-refractivity contribution is -0.137. The summed E-state index contributed by atoms with van der Waals surface area (Å²) in [6.07, 6.45) is -3.46. The third-order valence-electron chi connectivity index (χ3n) is 4.44. The number of H-pyrrole nitrogens is 1. The molecule has 1 N–H and O–H groups in total. The zero-order valence-corrected chi connectivity index (χ0v) is 15.0. The third kappa shape index (κ3) is 4.27. The lowest BCUT2D eigenvalue weighted by Gasteiger charge is -2.24. The fourth-order valence-corrected chi connectivity index (χ4v) is 3.30. The normalized spacial score (nSPS) is 15.6. The van der Waals surface area contributed by atoms with Crippen LogP contribution in [0.25, 0.3) is 0 Å². The number of carbonyl (C=O) groups excluding carboxylic acids is 1. The van der Waals surface area contributed by atoms with Gasteiger partial charge in [0.2, 0.25) is 0 Å². The Bertz CT molecular complexity index is 898. The van der Waals surface area contributed by atoms with E-state index in [1.807, 2.05) is 28.1 Å². The van der Waals surface area contributed by atoms with Gasteiger partial charge in [-0.15, -0.1) is 0 Å². The SMILES string of the molecule is O=C(c1cc(C(F)(F)F)c[nH]c1=O)N1CCCN(c2ccccc2Cl)CC1. The van der Waals surface area contributed by atoms with Gasteiger partial charge in [-0.3, -0.25) is 9.59 Å². The molecule has 1 aromatic carbocycles. The van der Waals surface area contributed by atoms with E-state index in [2.05, 4.69) is 0 Å². The van der Waals surface area contributed by atoms with E-state index in [-0.39, 0.29) is 6.54 Å². The molecule has 2 heterocycles. The van der Waals surface area contributed by atoms with Gasteiger partial charge in [-0.1, -0.05) is 23.7 Å². The summed E-state index contributed by atoms with van der Waals surface area (Å²) < 4.78 is 38.6. The molecule has 0 unspecified atom stereocenters. The summed E-state index contributed by atoms with van der Waals surface area (Å²) in [5.74, 6) is -0.705. The molecule has 0 radical (unpaired) electrons. The van der Waals surface area contributed by atoms with E-state index < -0.39 is 28.8 Å². The number of pyridine rings is 1. The van der Waals surface area contributed by atoms with Crippen LogP contribution < -0.4 is 10.5 Å². The van der Waals surface area contributed by atoms with Gasteiger partial charge in [-0.25, -0.2) is 0 Å². The zero-order chi connectivity index (χ0) is 19.6. The van der Waals surface area contributed by atoms with Crippen LogP contribution in [0.15, 0.2) is 41.3 Å². The van der Waals surface area contributed by atoms with Gasteiger partial charge >= 0.3 is 6.18 Å². The Morgan fingerprint density at radius 1 is 1.11 bits per heavy atom. The average Bonchev–Trinajstić information content (AvgIpc) is 2.87. The van der Waals surface area contributed by atoms with Gasteiger partial charge in [0.15, 0.2) is 0 Å². The van der Waals surface area contributed by atoms with Crippen LogP contribution in [0.2, 0.25) is 5.02 Å². The molecule has 1 aromatic heterocycles. The largest absolute Gasteiger partial charge is 0.417 e. The van der Waals surface area contributed by atoms with E-state index in [1.54, 1.807) is 6.07 Å². The van der Waals surface area contributed by atoms with Gasteiger partial charge in [-0.2, -0.15) is 13.2 Å². The minimum atomic E-state index is -4.64. The molecule has 5 nitrogen and oxygen atoms in total. The molecule has 9 heteroatoms. The number of alkyl halides is 3. The summed E-state index contributed by atoms with van der Waals surface area (Å²) in [5.41, 5.74) is -1.56. The molecule has 0 aliphatic carbocycles. The standard InChI is InChI=1S/C18H17ClF3N3O2/c19-14-4-1-2-5-15(14)24-6-3-7-25(9-8-24)17(27)13-10-12(18(20,21)22)11-23-16(13)26/h1-2,4-5,10-11H,3,6-9H2,(H,23,26). The number of halogens is 4. The van der Waals surface area contributed by atoms with E-state index in [0.717, 1.165) is 5.69 Å². The summed E-state index contributed by atoms with van der Waals surface area (Å²) >= 11 is 6.21. The number of para-hydroxylation sites is 1. The number of hydrogen-bond donors (Lipinski definition) is 1. The summed E-state index contributed by atoms with van der Waals surface area (Å²) in [7, 11) is 0. The number of anilines is 1. The molecule has 1 saturated heterocycles. The minimum Gasteiger partial charge on any atom is -0.368 e. The monoisotopic (exact) mass is 399 g/mol. The van der Waals surface area contributed by atoms with Gasteiger partial charge in [0.25, 0.3) is 11.5 Å². The third-order valence-corrected chi connectivity index (χ3v) is 4.76. The van der Waals surface area contributed by atoms with E-state index in [4.69, 9.17) is 11.6 Å². The molecule has 1 aliphatic heterocycles. The van der Waals surface area contributed by atoms with E-state index >= 15 is 0 Å². The molecule has 1 aliphatic rings. The lowest BCUT2D eigenvalue weighted by atomic mass is 10.1. The lowest BCUT2D eigenvalue weighted by Crippen LogP contribution is -2.38. The van der Waals surface area contributed by atoms with Crippen molar-refractivity contribution in [2.75, 3.05) is 31.1 Å². The van der Waals surface area contributed by atoms with Gasteiger partial charge in [-0.05, 0) is 24.6 Å². The minimum absolute atomic E-state index is 0.278. The van der Waals surface area contributed by atoms with Gasteiger partial charge < -0.3 is 14.8 Å². The highest BCUT2D eigenvalue weighted by molar-refractivity contribution is 6.33. The van der Waals surface area contributed by atoms with Crippen LogP contribution in [0.5, 0.6) is 0 Å². The molecule has 0 spiro atoms. The van der Waals surface area contributed by atoms with Crippen LogP contribution in [0, 0.1) is 0 Å². The van der Waals surface area contributed by atoms with Crippen molar-refractivity contribution in [2.45, 2.75) is 12.6 Å². The second-order valence-corrected chi connectivity index (χ2v) is 6.62. The molecule has 1 amide bonds. The highest BCUT2D eigenvalue weighted by Gasteiger charge is 2.33. The Labute approximate surface area is 158 Å².